The third kappa shape index (κ3) is 5.10. The summed E-state index contributed by atoms with van der Waals surface area (Å²) in [6, 6.07) is 18.0. The van der Waals surface area contributed by atoms with Crippen LogP contribution in [0.25, 0.3) is 10.8 Å². The summed E-state index contributed by atoms with van der Waals surface area (Å²) in [6.07, 6.45) is 0.343. The van der Waals surface area contributed by atoms with E-state index in [1.54, 1.807) is 25.2 Å². The van der Waals surface area contributed by atoms with Crippen LogP contribution in [0.15, 0.2) is 60.7 Å². The van der Waals surface area contributed by atoms with Crippen molar-refractivity contribution in [2.75, 3.05) is 7.05 Å². The lowest BCUT2D eigenvalue weighted by molar-refractivity contribution is -0.122. The molecule has 0 radical (unpaired) electrons. The minimum Gasteiger partial charge on any atom is -0.489 e. The number of carbonyl (C=O) groups excluding carboxylic acids is 2. The Hall–Kier alpha value is -3.05. The lowest BCUT2D eigenvalue weighted by atomic mass is 9.98. The van der Waals surface area contributed by atoms with E-state index < -0.39 is 6.04 Å². The molecule has 156 valence electrons. The first-order valence-corrected chi connectivity index (χ1v) is 10.2. The Morgan fingerprint density at radius 1 is 1.03 bits per heavy atom. The van der Waals surface area contributed by atoms with E-state index in [0.717, 1.165) is 16.3 Å². The van der Waals surface area contributed by atoms with E-state index >= 15 is 0 Å². The number of hydrogen-bond donors (Lipinski definition) is 2. The van der Waals surface area contributed by atoms with Crippen molar-refractivity contribution in [2.45, 2.75) is 32.4 Å². The summed E-state index contributed by atoms with van der Waals surface area (Å²) < 4.78 is 5.61. The molecule has 2 amide bonds. The molecule has 0 aliphatic heterocycles. The smallest absolute Gasteiger partial charge is 0.251 e. The van der Waals surface area contributed by atoms with Gasteiger partial charge in [-0.3, -0.25) is 9.59 Å². The van der Waals surface area contributed by atoms with Crippen molar-refractivity contribution in [2.24, 2.45) is 0 Å². The van der Waals surface area contributed by atoms with Gasteiger partial charge in [0.2, 0.25) is 5.91 Å². The molecule has 0 heterocycles. The number of benzene rings is 3. The zero-order valence-electron chi connectivity index (χ0n) is 17.2. The first-order valence-electron chi connectivity index (χ1n) is 9.84. The van der Waals surface area contributed by atoms with Crippen LogP contribution in [-0.4, -0.2) is 31.0 Å². The Kier molecular flexibility index (Phi) is 6.95. The van der Waals surface area contributed by atoms with Crippen LogP contribution in [0.2, 0.25) is 5.02 Å². The van der Waals surface area contributed by atoms with Crippen LogP contribution < -0.4 is 15.4 Å². The molecule has 3 aromatic rings. The Morgan fingerprint density at radius 2 is 1.77 bits per heavy atom. The zero-order valence-corrected chi connectivity index (χ0v) is 18.0. The van der Waals surface area contributed by atoms with Crippen molar-refractivity contribution < 1.29 is 14.3 Å². The van der Waals surface area contributed by atoms with Gasteiger partial charge in [-0.05, 0) is 48.4 Å². The van der Waals surface area contributed by atoms with Crippen molar-refractivity contribution in [3.05, 3.63) is 76.8 Å². The molecular weight excluding hydrogens is 400 g/mol. The average Bonchev–Trinajstić information content (AvgIpc) is 2.74. The molecule has 3 aromatic carbocycles. The fourth-order valence-electron chi connectivity index (χ4n) is 3.31. The summed E-state index contributed by atoms with van der Waals surface area (Å²) in [5.41, 5.74) is 1.35. The van der Waals surface area contributed by atoms with Gasteiger partial charge in [0.15, 0.2) is 0 Å². The highest BCUT2D eigenvalue weighted by Crippen LogP contribution is 2.26. The van der Waals surface area contributed by atoms with Crippen LogP contribution in [0.1, 0.15) is 29.8 Å². The van der Waals surface area contributed by atoms with Gasteiger partial charge in [0.1, 0.15) is 11.8 Å². The van der Waals surface area contributed by atoms with Gasteiger partial charge in [0.25, 0.3) is 5.91 Å². The quantitative estimate of drug-likeness (QED) is 0.591. The molecule has 0 aliphatic rings. The van der Waals surface area contributed by atoms with Crippen LogP contribution in [-0.2, 0) is 11.2 Å². The minimum atomic E-state index is -0.723. The van der Waals surface area contributed by atoms with E-state index in [1.165, 1.54) is 0 Å². The highest BCUT2D eigenvalue weighted by atomic mass is 35.5. The van der Waals surface area contributed by atoms with Crippen molar-refractivity contribution >= 4 is 34.2 Å². The molecule has 0 fully saturated rings. The molecule has 1 unspecified atom stereocenters. The average molecular weight is 425 g/mol. The summed E-state index contributed by atoms with van der Waals surface area (Å²) in [7, 11) is 1.56. The van der Waals surface area contributed by atoms with E-state index in [-0.39, 0.29) is 17.9 Å². The second-order valence-corrected chi connectivity index (χ2v) is 7.70. The standard InChI is InChI=1S/C24H25ClN2O3/c1-15(2)30-22-12-11-18(13-20(22)25)23(28)27-21(24(29)26-3)14-17-9-6-8-16-7-4-5-10-19(16)17/h4-13,15,21H,14H2,1-3H3,(H,26,29)(H,27,28). The number of carbonyl (C=O) groups is 2. The molecule has 3 rings (SSSR count). The van der Waals surface area contributed by atoms with E-state index in [4.69, 9.17) is 16.3 Å². The van der Waals surface area contributed by atoms with Gasteiger partial charge in [-0.25, -0.2) is 0 Å². The first kappa shape index (κ1) is 21.7. The molecule has 30 heavy (non-hydrogen) atoms. The number of amides is 2. The van der Waals surface area contributed by atoms with Crippen LogP contribution >= 0.6 is 11.6 Å². The first-order chi connectivity index (χ1) is 14.4. The number of likely N-dealkylation sites (N-methyl/N-ethyl adjacent to an activating group) is 1. The van der Waals surface area contributed by atoms with Gasteiger partial charge >= 0.3 is 0 Å². The van der Waals surface area contributed by atoms with E-state index in [9.17, 15) is 9.59 Å². The number of ether oxygens (including phenoxy) is 1. The second kappa shape index (κ2) is 9.63. The maximum Gasteiger partial charge on any atom is 0.251 e. The minimum absolute atomic E-state index is 0.0273. The van der Waals surface area contributed by atoms with Gasteiger partial charge in [0.05, 0.1) is 11.1 Å². The molecule has 0 bridgehead atoms. The lowest BCUT2D eigenvalue weighted by Gasteiger charge is -2.19. The maximum atomic E-state index is 12.8. The fourth-order valence-corrected chi connectivity index (χ4v) is 3.53. The van der Waals surface area contributed by atoms with Crippen molar-refractivity contribution in [1.82, 2.24) is 10.6 Å². The fraction of sp³-hybridized carbons (Fsp3) is 0.250. The molecule has 2 N–H and O–H groups in total. The topological polar surface area (TPSA) is 67.4 Å². The molecular formula is C24H25ClN2O3. The van der Waals surface area contributed by atoms with Crippen molar-refractivity contribution in [1.29, 1.82) is 0 Å². The predicted octanol–water partition coefficient (Wildman–Crippen LogP) is 4.37. The van der Waals surface area contributed by atoms with Gasteiger partial charge < -0.3 is 15.4 Å². The molecule has 0 aromatic heterocycles. The highest BCUT2D eigenvalue weighted by molar-refractivity contribution is 6.32. The largest absolute Gasteiger partial charge is 0.489 e. The number of halogens is 1. The molecule has 0 spiro atoms. The Morgan fingerprint density at radius 3 is 2.47 bits per heavy atom. The molecule has 0 saturated heterocycles. The summed E-state index contributed by atoms with van der Waals surface area (Å²) in [6.45, 7) is 3.80. The van der Waals surface area contributed by atoms with Gasteiger partial charge in [0, 0.05) is 19.0 Å². The summed E-state index contributed by atoms with van der Waals surface area (Å²) in [4.78, 5) is 25.3. The SMILES string of the molecule is CNC(=O)C(Cc1cccc2ccccc12)NC(=O)c1ccc(OC(C)C)c(Cl)c1. The van der Waals surface area contributed by atoms with E-state index in [0.29, 0.717) is 22.8 Å². The normalized spacial score (nSPS) is 11.9. The van der Waals surface area contributed by atoms with Crippen LogP contribution in [0, 0.1) is 0 Å². The van der Waals surface area contributed by atoms with Gasteiger partial charge in [-0.1, -0.05) is 54.1 Å². The highest BCUT2D eigenvalue weighted by Gasteiger charge is 2.22. The second-order valence-electron chi connectivity index (χ2n) is 7.29. The number of rotatable bonds is 7. The zero-order chi connectivity index (χ0) is 21.7. The molecule has 1 atom stereocenters. The summed E-state index contributed by atoms with van der Waals surface area (Å²) in [5.74, 6) is -0.120. The maximum absolute atomic E-state index is 12.8. The Labute approximate surface area is 181 Å². The van der Waals surface area contributed by atoms with Gasteiger partial charge in [-0.2, -0.15) is 0 Å². The Balaban J connectivity index is 1.82. The van der Waals surface area contributed by atoms with Crippen molar-refractivity contribution in [3.63, 3.8) is 0 Å². The number of hydrogen-bond acceptors (Lipinski definition) is 3. The van der Waals surface area contributed by atoms with Crippen LogP contribution in [0.4, 0.5) is 0 Å². The molecule has 6 heteroatoms. The summed E-state index contributed by atoms with van der Waals surface area (Å²) >= 11 is 6.25. The van der Waals surface area contributed by atoms with Crippen LogP contribution in [0.5, 0.6) is 5.75 Å². The molecule has 0 saturated carbocycles. The van der Waals surface area contributed by atoms with Gasteiger partial charge in [-0.15, -0.1) is 0 Å². The number of fused-ring (bicyclic) bond motifs is 1. The predicted molar refractivity (Wildman–Crippen MR) is 120 cm³/mol. The Bertz CT molecular complexity index is 1060. The third-order valence-electron chi connectivity index (χ3n) is 4.73. The molecule has 5 nitrogen and oxygen atoms in total. The summed E-state index contributed by atoms with van der Waals surface area (Å²) in [5, 5.41) is 7.96. The molecule has 0 aliphatic carbocycles. The lowest BCUT2D eigenvalue weighted by Crippen LogP contribution is -2.47. The van der Waals surface area contributed by atoms with Crippen LogP contribution in [0.3, 0.4) is 0 Å². The number of nitrogens with one attached hydrogen (secondary N) is 2. The third-order valence-corrected chi connectivity index (χ3v) is 5.02. The van der Waals surface area contributed by atoms with E-state index in [2.05, 4.69) is 10.6 Å². The van der Waals surface area contributed by atoms with E-state index in [1.807, 2.05) is 56.3 Å². The monoisotopic (exact) mass is 424 g/mol. The van der Waals surface area contributed by atoms with Crippen molar-refractivity contribution in [3.8, 4) is 5.75 Å².